The van der Waals surface area contributed by atoms with Crippen molar-refractivity contribution in [1.29, 1.82) is 0 Å². The summed E-state index contributed by atoms with van der Waals surface area (Å²) >= 11 is 2.93. The van der Waals surface area contributed by atoms with Crippen molar-refractivity contribution in [3.63, 3.8) is 0 Å². The number of fused-ring (bicyclic) bond motifs is 1. The van der Waals surface area contributed by atoms with Crippen molar-refractivity contribution in [3.8, 4) is 0 Å². The zero-order valence-corrected chi connectivity index (χ0v) is 7.12. The molecule has 1 aliphatic carbocycles. The molecule has 0 radical (unpaired) electrons. The lowest BCUT2D eigenvalue weighted by Gasteiger charge is -2.13. The van der Waals surface area contributed by atoms with Gasteiger partial charge in [0.1, 0.15) is 0 Å². The monoisotopic (exact) mass is 215 g/mol. The molecule has 0 saturated carbocycles. The molecule has 1 aromatic carbocycles. The molecular formula is C10H9Br. The third-order valence-electron chi connectivity index (χ3n) is 1.34. The fourth-order valence-electron chi connectivity index (χ4n) is 0.859. The quantitative estimate of drug-likeness (QED) is 0.585. The third kappa shape index (κ3) is 1.38. The van der Waals surface area contributed by atoms with Gasteiger partial charge in [0.05, 0.1) is 6.85 Å². The Morgan fingerprint density at radius 2 is 2.64 bits per heavy atom. The maximum Gasteiger partial charge on any atom is 0.0629 e. The van der Waals surface area contributed by atoms with Crippen molar-refractivity contribution >= 4 is 22.0 Å². The van der Waals surface area contributed by atoms with Crippen LogP contribution in [0.2, 0.25) is 0 Å². The molecule has 1 aliphatic rings. The van der Waals surface area contributed by atoms with Crippen LogP contribution < -0.4 is 0 Å². The maximum atomic E-state index is 7.95. The molecule has 2 rings (SSSR count). The van der Waals surface area contributed by atoms with Crippen molar-refractivity contribution in [1.82, 2.24) is 0 Å². The highest BCUT2D eigenvalue weighted by molar-refractivity contribution is 9.09. The van der Waals surface area contributed by atoms with Gasteiger partial charge >= 0.3 is 0 Å². The Labute approximate surface area is 84.9 Å². The standard InChI is InChI=1S/C10H9Br/c11-10-6-5-8-3-1-2-4-9(8)7-10/h1-6,10H,7H2/i1D,3D,4D,5D,6D,7D,10D. The molecule has 0 aromatic heterocycles. The third-order valence-corrected chi connectivity index (χ3v) is 1.77. The van der Waals surface area contributed by atoms with E-state index in [1.807, 2.05) is 0 Å². The highest BCUT2D eigenvalue weighted by Gasteiger charge is 2.08. The molecule has 0 nitrogen and oxygen atoms in total. The van der Waals surface area contributed by atoms with Crippen LogP contribution in [0.1, 0.15) is 20.7 Å². The predicted octanol–water partition coefficient (Wildman–Crippen LogP) is 3.02. The number of rotatable bonds is 0. The van der Waals surface area contributed by atoms with Crippen LogP contribution in [0.15, 0.2) is 30.2 Å². The number of hydrogen-bond acceptors (Lipinski definition) is 0. The summed E-state index contributed by atoms with van der Waals surface area (Å²) in [5.41, 5.74) is 0.0173. The Kier molecular flexibility index (Phi) is 0.702. The average molecular weight is 216 g/mol. The molecule has 11 heavy (non-hydrogen) atoms. The summed E-state index contributed by atoms with van der Waals surface area (Å²) in [5, 5.41) is 0. The molecule has 0 bridgehead atoms. The molecule has 0 aliphatic heterocycles. The van der Waals surface area contributed by atoms with Gasteiger partial charge in [-0.2, -0.15) is 0 Å². The average Bonchev–Trinajstić information content (AvgIpc) is 2.29. The molecule has 0 heterocycles. The number of halogens is 1. The second-order valence-corrected chi connectivity index (χ2v) is 2.94. The van der Waals surface area contributed by atoms with Gasteiger partial charge in [-0.05, 0) is 17.5 Å². The van der Waals surface area contributed by atoms with E-state index in [2.05, 4.69) is 15.9 Å². The molecule has 1 aromatic rings. The van der Waals surface area contributed by atoms with Crippen LogP contribution in [-0.4, -0.2) is 4.80 Å². The van der Waals surface area contributed by atoms with Crippen molar-refractivity contribution in [3.05, 3.63) is 41.4 Å². The van der Waals surface area contributed by atoms with E-state index in [1.165, 1.54) is 0 Å². The van der Waals surface area contributed by atoms with Gasteiger partial charge in [0.2, 0.25) is 0 Å². The van der Waals surface area contributed by atoms with Gasteiger partial charge in [-0.25, -0.2) is 0 Å². The minimum atomic E-state index is -1.79. The van der Waals surface area contributed by atoms with E-state index in [9.17, 15) is 0 Å². The van der Waals surface area contributed by atoms with E-state index in [4.69, 9.17) is 9.60 Å². The molecular weight excluding hydrogens is 200 g/mol. The van der Waals surface area contributed by atoms with E-state index in [0.717, 1.165) is 6.07 Å². The molecule has 0 spiro atoms. The lowest BCUT2D eigenvalue weighted by molar-refractivity contribution is 1.02. The van der Waals surface area contributed by atoms with Crippen LogP contribution in [0.4, 0.5) is 0 Å². The summed E-state index contributed by atoms with van der Waals surface area (Å²) in [6.07, 6.45) is -1.27. The van der Waals surface area contributed by atoms with Crippen molar-refractivity contribution in [2.75, 3.05) is 0 Å². The Bertz CT molecular complexity index is 564. The second-order valence-electron chi connectivity index (χ2n) is 2.09. The maximum absolute atomic E-state index is 7.95. The zero-order valence-electron chi connectivity index (χ0n) is 12.5. The number of allylic oxidation sites excluding steroid dienone is 1. The molecule has 0 saturated heterocycles. The van der Waals surface area contributed by atoms with Crippen LogP contribution in [0.3, 0.4) is 0 Å². The summed E-state index contributed by atoms with van der Waals surface area (Å²) in [5.74, 6) is 0. The minimum Gasteiger partial charge on any atom is -0.0842 e. The van der Waals surface area contributed by atoms with E-state index in [-0.39, 0.29) is 35.3 Å². The van der Waals surface area contributed by atoms with Crippen LogP contribution >= 0.6 is 15.9 Å². The molecule has 0 fully saturated rings. The number of benzene rings is 1. The van der Waals surface area contributed by atoms with E-state index in [0.29, 0.717) is 0 Å². The lowest BCUT2D eigenvalue weighted by atomic mass is 9.98. The number of alkyl halides is 1. The molecule has 1 heteroatoms. The molecule has 2 atom stereocenters. The van der Waals surface area contributed by atoms with Gasteiger partial charge in [-0.15, -0.1) is 0 Å². The van der Waals surface area contributed by atoms with Gasteiger partial charge < -0.3 is 0 Å². The first-order valence-electron chi connectivity index (χ1n) is 6.67. The Morgan fingerprint density at radius 3 is 3.55 bits per heavy atom. The predicted molar refractivity (Wildman–Crippen MR) is 51.9 cm³/mol. The Morgan fingerprint density at radius 1 is 1.73 bits per heavy atom. The summed E-state index contributed by atoms with van der Waals surface area (Å²) in [6, 6.07) is -0.277. The van der Waals surface area contributed by atoms with Gasteiger partial charge in [-0.3, -0.25) is 0 Å². The SMILES string of the molecule is [2H]C1=C([2H])C([2H])(Br)C([2H])c2c([2H])cc([2H])c([2H])c21. The Hall–Kier alpha value is -0.560. The molecule has 0 N–H and O–H groups in total. The van der Waals surface area contributed by atoms with Crippen LogP contribution in [0.5, 0.6) is 0 Å². The minimum absolute atomic E-state index is 0.0418. The summed E-state index contributed by atoms with van der Waals surface area (Å²) < 4.78 is 54.4. The zero-order chi connectivity index (χ0) is 13.8. The molecule has 56 valence electrons. The first kappa shape index (κ1) is 2.74. The molecule has 0 amide bonds. The van der Waals surface area contributed by atoms with Gasteiger partial charge in [-0.1, -0.05) is 52.2 Å². The second kappa shape index (κ2) is 2.82. The van der Waals surface area contributed by atoms with Crippen LogP contribution in [0.25, 0.3) is 6.05 Å². The normalized spacial score (nSPS) is 45.5. The van der Waals surface area contributed by atoms with Crippen LogP contribution in [0, 0.1) is 0 Å². The highest BCUT2D eigenvalue weighted by Crippen LogP contribution is 2.22. The fourth-order valence-corrected chi connectivity index (χ4v) is 1.19. The first-order chi connectivity index (χ1) is 8.19. The van der Waals surface area contributed by atoms with Crippen LogP contribution in [-0.2, 0) is 6.40 Å². The van der Waals surface area contributed by atoms with E-state index >= 15 is 0 Å². The smallest absolute Gasteiger partial charge is 0.0629 e. The highest BCUT2D eigenvalue weighted by atomic mass is 79.9. The van der Waals surface area contributed by atoms with Crippen molar-refractivity contribution in [2.45, 2.75) is 11.2 Å². The van der Waals surface area contributed by atoms with Crippen molar-refractivity contribution in [2.24, 2.45) is 0 Å². The van der Waals surface area contributed by atoms with E-state index in [1.54, 1.807) is 0 Å². The van der Waals surface area contributed by atoms with E-state index < -0.39 is 17.3 Å². The lowest BCUT2D eigenvalue weighted by Crippen LogP contribution is -2.04. The van der Waals surface area contributed by atoms with Gasteiger partial charge in [0, 0.05) is 7.54 Å². The largest absolute Gasteiger partial charge is 0.0842 e. The fraction of sp³-hybridized carbons (Fsp3) is 0.200. The topological polar surface area (TPSA) is 0 Å². The first-order valence-corrected chi connectivity index (χ1v) is 3.89. The van der Waals surface area contributed by atoms with Gasteiger partial charge in [0.25, 0.3) is 0 Å². The summed E-state index contributed by atoms with van der Waals surface area (Å²) in [7, 11) is 0. The number of hydrogen-bond donors (Lipinski definition) is 0. The summed E-state index contributed by atoms with van der Waals surface area (Å²) in [6.45, 7) is 0. The summed E-state index contributed by atoms with van der Waals surface area (Å²) in [4.78, 5) is -1.79. The molecule has 2 unspecified atom stereocenters. The Balaban J connectivity index is 2.90. The van der Waals surface area contributed by atoms with Gasteiger partial charge in [0.15, 0.2) is 0 Å². The van der Waals surface area contributed by atoms with Crippen molar-refractivity contribution < 1.29 is 9.60 Å².